The van der Waals surface area contributed by atoms with Gasteiger partial charge in [-0.1, -0.05) is 6.07 Å². The molecule has 0 heterocycles. The molecule has 0 spiro atoms. The van der Waals surface area contributed by atoms with Gasteiger partial charge in [0.15, 0.2) is 11.6 Å². The van der Waals surface area contributed by atoms with Crippen LogP contribution >= 0.6 is 0 Å². The highest BCUT2D eigenvalue weighted by atomic mass is 19.1. The van der Waals surface area contributed by atoms with Crippen LogP contribution in [0, 0.1) is 5.82 Å². The van der Waals surface area contributed by atoms with Gasteiger partial charge in [-0.15, -0.1) is 0 Å². The van der Waals surface area contributed by atoms with Crippen LogP contribution in [0.1, 0.15) is 12.5 Å². The minimum Gasteiger partial charge on any atom is -0.466 e. The van der Waals surface area contributed by atoms with Gasteiger partial charge in [0, 0.05) is 5.69 Å². The van der Waals surface area contributed by atoms with Gasteiger partial charge in [-0.3, -0.25) is 4.79 Å². The molecule has 0 aliphatic rings. The lowest BCUT2D eigenvalue weighted by atomic mass is 10.1. The number of esters is 1. The van der Waals surface area contributed by atoms with E-state index in [1.807, 2.05) is 0 Å². The molecule has 21 heavy (non-hydrogen) atoms. The Morgan fingerprint density at radius 2 is 1.90 bits per heavy atom. The van der Waals surface area contributed by atoms with Crippen LogP contribution in [0.25, 0.3) is 0 Å². The van der Waals surface area contributed by atoms with Crippen molar-refractivity contribution in [3.8, 4) is 11.5 Å². The Balaban J connectivity index is 2.08. The van der Waals surface area contributed by atoms with E-state index in [0.29, 0.717) is 23.6 Å². The average molecular weight is 289 g/mol. The van der Waals surface area contributed by atoms with Gasteiger partial charge in [-0.2, -0.15) is 0 Å². The highest BCUT2D eigenvalue weighted by Gasteiger charge is 2.09. The van der Waals surface area contributed by atoms with Crippen LogP contribution < -0.4 is 10.5 Å². The maximum absolute atomic E-state index is 13.9. The average Bonchev–Trinajstić information content (AvgIpc) is 2.44. The fraction of sp³-hybridized carbons (Fsp3) is 0.188. The maximum Gasteiger partial charge on any atom is 0.310 e. The molecule has 0 bridgehead atoms. The Morgan fingerprint density at radius 1 is 1.19 bits per heavy atom. The minimum absolute atomic E-state index is 0.0346. The van der Waals surface area contributed by atoms with Crippen LogP contribution in [-0.2, 0) is 16.0 Å². The fourth-order valence-electron chi connectivity index (χ4n) is 1.78. The summed E-state index contributed by atoms with van der Waals surface area (Å²) in [6, 6.07) is 11.0. The Kier molecular flexibility index (Phi) is 4.77. The maximum atomic E-state index is 13.9. The zero-order chi connectivity index (χ0) is 15.2. The van der Waals surface area contributed by atoms with E-state index >= 15 is 0 Å². The molecule has 0 aromatic heterocycles. The van der Waals surface area contributed by atoms with Gasteiger partial charge >= 0.3 is 5.97 Å². The molecule has 0 radical (unpaired) electrons. The summed E-state index contributed by atoms with van der Waals surface area (Å²) < 4.78 is 24.2. The molecule has 0 atom stereocenters. The quantitative estimate of drug-likeness (QED) is 0.677. The van der Waals surface area contributed by atoms with Crippen LogP contribution in [0.5, 0.6) is 11.5 Å². The van der Waals surface area contributed by atoms with Gasteiger partial charge in [0.05, 0.1) is 13.0 Å². The molecule has 2 N–H and O–H groups in total. The monoisotopic (exact) mass is 289 g/mol. The second-order valence-electron chi connectivity index (χ2n) is 4.42. The Bertz CT molecular complexity index is 626. The first kappa shape index (κ1) is 14.8. The number of ether oxygens (including phenoxy) is 2. The first-order valence-corrected chi connectivity index (χ1v) is 6.56. The van der Waals surface area contributed by atoms with E-state index in [2.05, 4.69) is 0 Å². The van der Waals surface area contributed by atoms with Crippen molar-refractivity contribution in [2.24, 2.45) is 0 Å². The van der Waals surface area contributed by atoms with E-state index in [1.54, 1.807) is 37.3 Å². The number of halogens is 1. The first-order chi connectivity index (χ1) is 10.1. The van der Waals surface area contributed by atoms with E-state index in [9.17, 15) is 9.18 Å². The number of nitrogens with two attached hydrogens (primary N) is 1. The molecule has 0 unspecified atom stereocenters. The lowest BCUT2D eigenvalue weighted by Gasteiger charge is -2.08. The van der Waals surface area contributed by atoms with Crippen molar-refractivity contribution in [1.29, 1.82) is 0 Å². The van der Waals surface area contributed by atoms with Crippen molar-refractivity contribution >= 4 is 11.7 Å². The van der Waals surface area contributed by atoms with Gasteiger partial charge < -0.3 is 15.2 Å². The van der Waals surface area contributed by atoms with Crippen LogP contribution in [0.3, 0.4) is 0 Å². The van der Waals surface area contributed by atoms with E-state index < -0.39 is 5.82 Å². The highest BCUT2D eigenvalue weighted by Crippen LogP contribution is 2.26. The van der Waals surface area contributed by atoms with E-state index in [-0.39, 0.29) is 18.1 Å². The van der Waals surface area contributed by atoms with Crippen LogP contribution in [0.15, 0.2) is 42.5 Å². The van der Waals surface area contributed by atoms with Crippen LogP contribution in [0.4, 0.5) is 10.1 Å². The second kappa shape index (κ2) is 6.74. The standard InChI is InChI=1S/C16H16FNO3/c1-2-20-16(19)10-11-3-8-15(14(17)9-11)21-13-6-4-12(18)5-7-13/h3-9H,2,10,18H2,1H3. The normalized spacial score (nSPS) is 10.2. The Hall–Kier alpha value is -2.56. The predicted molar refractivity (Wildman–Crippen MR) is 77.7 cm³/mol. The summed E-state index contributed by atoms with van der Waals surface area (Å²) in [5, 5.41) is 0. The number of carbonyl (C=O) groups is 1. The molecule has 2 rings (SSSR count). The third-order valence-electron chi connectivity index (χ3n) is 2.76. The molecule has 0 fully saturated rings. The first-order valence-electron chi connectivity index (χ1n) is 6.56. The molecule has 0 aliphatic carbocycles. The zero-order valence-corrected chi connectivity index (χ0v) is 11.6. The molecule has 0 aliphatic heterocycles. The summed E-state index contributed by atoms with van der Waals surface area (Å²) in [6.45, 7) is 2.03. The minimum atomic E-state index is -0.534. The Labute approximate surface area is 122 Å². The molecule has 2 aromatic rings. The second-order valence-corrected chi connectivity index (χ2v) is 4.42. The van der Waals surface area contributed by atoms with Gasteiger partial charge in [0.25, 0.3) is 0 Å². The number of rotatable bonds is 5. The molecule has 4 nitrogen and oxygen atoms in total. The smallest absolute Gasteiger partial charge is 0.310 e. The van der Waals surface area contributed by atoms with Crippen molar-refractivity contribution in [3.05, 3.63) is 53.8 Å². The van der Waals surface area contributed by atoms with Gasteiger partial charge in [0.2, 0.25) is 0 Å². The molecule has 110 valence electrons. The van der Waals surface area contributed by atoms with E-state index in [1.165, 1.54) is 12.1 Å². The number of nitrogen functional groups attached to an aromatic ring is 1. The van der Waals surface area contributed by atoms with E-state index in [4.69, 9.17) is 15.2 Å². The topological polar surface area (TPSA) is 61.5 Å². The van der Waals surface area contributed by atoms with Crippen molar-refractivity contribution in [3.63, 3.8) is 0 Å². The molecule has 2 aromatic carbocycles. The molecular formula is C16H16FNO3. The van der Waals surface area contributed by atoms with Gasteiger partial charge in [-0.05, 0) is 48.9 Å². The number of benzene rings is 2. The number of carbonyl (C=O) groups excluding carboxylic acids is 1. The largest absolute Gasteiger partial charge is 0.466 e. The Morgan fingerprint density at radius 3 is 2.52 bits per heavy atom. The molecule has 0 saturated carbocycles. The molecule has 5 heteroatoms. The summed E-state index contributed by atoms with van der Waals surface area (Å²) in [5.41, 5.74) is 6.71. The third-order valence-corrected chi connectivity index (χ3v) is 2.76. The highest BCUT2D eigenvalue weighted by molar-refractivity contribution is 5.72. The van der Waals surface area contributed by atoms with Crippen molar-refractivity contribution in [2.45, 2.75) is 13.3 Å². The summed E-state index contributed by atoms with van der Waals surface area (Å²) in [7, 11) is 0. The van der Waals surface area contributed by atoms with Crippen molar-refractivity contribution < 1.29 is 18.7 Å². The van der Waals surface area contributed by atoms with Gasteiger partial charge in [-0.25, -0.2) is 4.39 Å². The number of hydrogen-bond acceptors (Lipinski definition) is 4. The van der Waals surface area contributed by atoms with E-state index in [0.717, 1.165) is 0 Å². The van der Waals surface area contributed by atoms with Gasteiger partial charge in [0.1, 0.15) is 5.75 Å². The summed E-state index contributed by atoms with van der Waals surface area (Å²) in [4.78, 5) is 11.3. The summed E-state index contributed by atoms with van der Waals surface area (Å²) >= 11 is 0. The summed E-state index contributed by atoms with van der Waals surface area (Å²) in [5.74, 6) is -0.341. The SMILES string of the molecule is CCOC(=O)Cc1ccc(Oc2ccc(N)cc2)c(F)c1. The lowest BCUT2D eigenvalue weighted by molar-refractivity contribution is -0.142. The lowest BCUT2D eigenvalue weighted by Crippen LogP contribution is -2.07. The third kappa shape index (κ3) is 4.21. The number of anilines is 1. The van der Waals surface area contributed by atoms with Crippen LogP contribution in [-0.4, -0.2) is 12.6 Å². The summed E-state index contributed by atoms with van der Waals surface area (Å²) in [6.07, 6.45) is 0.0346. The molecular weight excluding hydrogens is 273 g/mol. The molecule has 0 amide bonds. The fourth-order valence-corrected chi connectivity index (χ4v) is 1.78. The van der Waals surface area contributed by atoms with Crippen molar-refractivity contribution in [1.82, 2.24) is 0 Å². The zero-order valence-electron chi connectivity index (χ0n) is 11.6. The molecule has 0 saturated heterocycles. The number of hydrogen-bond donors (Lipinski definition) is 1. The van der Waals surface area contributed by atoms with Crippen LogP contribution in [0.2, 0.25) is 0 Å². The van der Waals surface area contributed by atoms with Crippen molar-refractivity contribution in [2.75, 3.05) is 12.3 Å². The predicted octanol–water partition coefficient (Wildman–Crippen LogP) is 3.31.